The number of rotatable bonds is 6. The first-order valence-corrected chi connectivity index (χ1v) is 9.50. The second-order valence-electron chi connectivity index (χ2n) is 6.50. The Morgan fingerprint density at radius 2 is 1.46 bits per heavy atom. The van der Waals surface area contributed by atoms with Crippen LogP contribution in [0.1, 0.15) is 44.7 Å². The molecule has 0 fully saturated rings. The topological polar surface area (TPSA) is 35.5 Å². The summed E-state index contributed by atoms with van der Waals surface area (Å²) in [4.78, 5) is 12.3. The molecule has 136 valence electrons. The number of carbonyl (C=O) groups excluding carboxylic acids is 1. The molecular formula is C23H26O3. The van der Waals surface area contributed by atoms with Crippen LogP contribution in [-0.2, 0) is 17.6 Å². The van der Waals surface area contributed by atoms with Crippen molar-refractivity contribution in [2.24, 2.45) is 0 Å². The molecule has 0 saturated carbocycles. The van der Waals surface area contributed by atoms with Crippen LogP contribution in [0.15, 0.2) is 42.5 Å². The molecule has 0 amide bonds. The predicted octanol–water partition coefficient (Wildman–Crippen LogP) is 6.43. The summed E-state index contributed by atoms with van der Waals surface area (Å²) in [6, 6.07) is 14.6. The molecule has 0 aliphatic heterocycles. The quantitative estimate of drug-likeness (QED) is 0.222. The minimum atomic E-state index is -0.621. The van der Waals surface area contributed by atoms with Crippen LogP contribution in [0.2, 0.25) is 0 Å². The zero-order chi connectivity index (χ0) is 18.5. The Hall–Kier alpha value is -2.55. The van der Waals surface area contributed by atoms with Gasteiger partial charge in [0.1, 0.15) is 0 Å². The van der Waals surface area contributed by atoms with Gasteiger partial charge in [-0.3, -0.25) is 0 Å². The fourth-order valence-electron chi connectivity index (χ4n) is 3.43. The third-order valence-corrected chi connectivity index (χ3v) is 4.80. The predicted molar refractivity (Wildman–Crippen MR) is 107 cm³/mol. The Bertz CT molecular complexity index is 866. The van der Waals surface area contributed by atoms with Crippen molar-refractivity contribution in [2.45, 2.75) is 46.5 Å². The molecule has 26 heavy (non-hydrogen) atoms. The maximum atomic E-state index is 12.3. The SMILES string of the molecule is CCCCOC(=O)Oc1c2c(CC)cccc2cc2cccc(CC)c12. The first-order chi connectivity index (χ1) is 12.7. The second kappa shape index (κ2) is 8.22. The highest BCUT2D eigenvalue weighted by Gasteiger charge is 2.18. The van der Waals surface area contributed by atoms with E-state index in [1.54, 1.807) is 0 Å². The molecule has 0 heterocycles. The Kier molecular flexibility index (Phi) is 5.77. The van der Waals surface area contributed by atoms with Crippen molar-refractivity contribution in [2.75, 3.05) is 6.61 Å². The Morgan fingerprint density at radius 1 is 0.885 bits per heavy atom. The number of aryl methyl sites for hydroxylation is 2. The highest BCUT2D eigenvalue weighted by molar-refractivity contribution is 6.08. The minimum Gasteiger partial charge on any atom is -0.434 e. The largest absolute Gasteiger partial charge is 0.513 e. The molecule has 0 aromatic heterocycles. The summed E-state index contributed by atoms with van der Waals surface area (Å²) in [5, 5.41) is 4.19. The first-order valence-electron chi connectivity index (χ1n) is 9.50. The lowest BCUT2D eigenvalue weighted by molar-refractivity contribution is 0.0988. The molecule has 0 saturated heterocycles. The fourth-order valence-corrected chi connectivity index (χ4v) is 3.43. The van der Waals surface area contributed by atoms with E-state index in [0.29, 0.717) is 12.4 Å². The van der Waals surface area contributed by atoms with Crippen LogP contribution in [0.25, 0.3) is 21.5 Å². The van der Waals surface area contributed by atoms with Gasteiger partial charge in [-0.25, -0.2) is 4.79 Å². The van der Waals surface area contributed by atoms with Crippen molar-refractivity contribution in [3.63, 3.8) is 0 Å². The highest BCUT2D eigenvalue weighted by Crippen LogP contribution is 2.39. The van der Waals surface area contributed by atoms with E-state index in [-0.39, 0.29) is 0 Å². The second-order valence-corrected chi connectivity index (χ2v) is 6.50. The van der Waals surface area contributed by atoms with E-state index in [4.69, 9.17) is 9.47 Å². The lowest BCUT2D eigenvalue weighted by Gasteiger charge is -2.16. The van der Waals surface area contributed by atoms with Crippen LogP contribution in [-0.4, -0.2) is 12.8 Å². The van der Waals surface area contributed by atoms with Crippen molar-refractivity contribution in [3.05, 3.63) is 53.6 Å². The van der Waals surface area contributed by atoms with E-state index in [9.17, 15) is 4.79 Å². The fraction of sp³-hybridized carbons (Fsp3) is 0.348. The van der Waals surface area contributed by atoms with Crippen molar-refractivity contribution in [1.82, 2.24) is 0 Å². The molecule has 3 aromatic rings. The van der Waals surface area contributed by atoms with Crippen molar-refractivity contribution >= 4 is 27.7 Å². The van der Waals surface area contributed by atoms with Gasteiger partial charge in [0, 0.05) is 10.8 Å². The smallest absolute Gasteiger partial charge is 0.434 e. The van der Waals surface area contributed by atoms with Crippen LogP contribution >= 0.6 is 0 Å². The standard InChI is InChI=1S/C23H26O3/c1-4-7-14-25-23(24)26-22-20-16(5-2)10-8-12-18(20)15-19-13-9-11-17(6-3)21(19)22/h8-13,15H,4-7,14H2,1-3H3. The van der Waals surface area contributed by atoms with Gasteiger partial charge >= 0.3 is 6.16 Å². The average Bonchev–Trinajstić information content (AvgIpc) is 2.66. The van der Waals surface area contributed by atoms with Crippen molar-refractivity contribution in [1.29, 1.82) is 0 Å². The van der Waals surface area contributed by atoms with E-state index in [1.165, 1.54) is 11.1 Å². The van der Waals surface area contributed by atoms with Crippen molar-refractivity contribution in [3.8, 4) is 5.75 Å². The van der Waals surface area contributed by atoms with Crippen LogP contribution in [0.4, 0.5) is 4.79 Å². The molecule has 0 aliphatic rings. The van der Waals surface area contributed by atoms with Crippen molar-refractivity contribution < 1.29 is 14.3 Å². The number of benzene rings is 3. The zero-order valence-corrected chi connectivity index (χ0v) is 15.8. The van der Waals surface area contributed by atoms with Gasteiger partial charge < -0.3 is 9.47 Å². The van der Waals surface area contributed by atoms with Crippen LogP contribution in [0.3, 0.4) is 0 Å². The molecule has 0 aliphatic carbocycles. The van der Waals surface area contributed by atoms with E-state index in [0.717, 1.165) is 47.2 Å². The zero-order valence-electron chi connectivity index (χ0n) is 15.8. The van der Waals surface area contributed by atoms with Gasteiger partial charge in [-0.2, -0.15) is 0 Å². The normalized spacial score (nSPS) is 11.0. The summed E-state index contributed by atoms with van der Waals surface area (Å²) in [5.41, 5.74) is 2.35. The molecule has 0 radical (unpaired) electrons. The minimum absolute atomic E-state index is 0.388. The monoisotopic (exact) mass is 350 g/mol. The number of carbonyl (C=O) groups is 1. The first kappa shape index (κ1) is 18.2. The molecule has 0 unspecified atom stereocenters. The van der Waals surface area contributed by atoms with E-state index < -0.39 is 6.16 Å². The molecule has 0 spiro atoms. The number of hydrogen-bond acceptors (Lipinski definition) is 3. The van der Waals surface area contributed by atoms with Gasteiger partial charge in [-0.15, -0.1) is 0 Å². The Morgan fingerprint density at radius 3 is 1.96 bits per heavy atom. The summed E-state index contributed by atoms with van der Waals surface area (Å²) < 4.78 is 11.1. The highest BCUT2D eigenvalue weighted by atomic mass is 16.7. The number of hydrogen-bond donors (Lipinski definition) is 0. The average molecular weight is 350 g/mol. The lowest BCUT2D eigenvalue weighted by atomic mass is 9.94. The summed E-state index contributed by atoms with van der Waals surface area (Å²) in [5.74, 6) is 0.633. The summed E-state index contributed by atoms with van der Waals surface area (Å²) in [6.07, 6.45) is 2.94. The van der Waals surface area contributed by atoms with Crippen LogP contribution in [0.5, 0.6) is 5.75 Å². The maximum Gasteiger partial charge on any atom is 0.513 e. The van der Waals surface area contributed by atoms with Crippen LogP contribution in [0, 0.1) is 0 Å². The van der Waals surface area contributed by atoms with Gasteiger partial charge in [0.2, 0.25) is 0 Å². The van der Waals surface area contributed by atoms with Gasteiger partial charge in [-0.1, -0.05) is 63.6 Å². The lowest BCUT2D eigenvalue weighted by Crippen LogP contribution is -2.12. The summed E-state index contributed by atoms with van der Waals surface area (Å²) in [7, 11) is 0. The Balaban J connectivity index is 2.21. The molecule has 0 bridgehead atoms. The van der Waals surface area contributed by atoms with Gasteiger partial charge in [-0.05, 0) is 47.2 Å². The third-order valence-electron chi connectivity index (χ3n) is 4.80. The van der Waals surface area contributed by atoms with Gasteiger partial charge in [0.25, 0.3) is 0 Å². The summed E-state index contributed by atoms with van der Waals surface area (Å²) in [6.45, 7) is 6.69. The van der Waals surface area contributed by atoms with E-state index >= 15 is 0 Å². The maximum absolute atomic E-state index is 12.3. The number of unbranched alkanes of at least 4 members (excludes halogenated alkanes) is 1. The number of fused-ring (bicyclic) bond motifs is 2. The molecular weight excluding hydrogens is 324 g/mol. The molecule has 3 aromatic carbocycles. The molecule has 3 nitrogen and oxygen atoms in total. The molecule has 3 rings (SSSR count). The molecule has 3 heteroatoms. The van der Waals surface area contributed by atoms with E-state index in [1.807, 2.05) is 0 Å². The third kappa shape index (κ3) is 3.52. The van der Waals surface area contributed by atoms with E-state index in [2.05, 4.69) is 63.2 Å². The molecule has 0 N–H and O–H groups in total. The van der Waals surface area contributed by atoms with Gasteiger partial charge in [0.05, 0.1) is 6.61 Å². The number of ether oxygens (including phenoxy) is 2. The van der Waals surface area contributed by atoms with Gasteiger partial charge in [0.15, 0.2) is 5.75 Å². The molecule has 0 atom stereocenters. The van der Waals surface area contributed by atoms with Crippen LogP contribution < -0.4 is 4.74 Å². The Labute approximate surface area is 154 Å². The summed E-state index contributed by atoms with van der Waals surface area (Å²) >= 11 is 0.